The molecular formula is C20H22F3N7O2. The lowest BCUT2D eigenvalue weighted by Crippen LogP contribution is -2.32. The van der Waals surface area contributed by atoms with Crippen molar-refractivity contribution in [2.45, 2.75) is 25.9 Å². The Morgan fingerprint density at radius 1 is 1.19 bits per heavy atom. The number of fused-ring (bicyclic) bond motifs is 1. The van der Waals surface area contributed by atoms with Crippen LogP contribution in [-0.4, -0.2) is 56.3 Å². The highest BCUT2D eigenvalue weighted by Gasteiger charge is 2.35. The van der Waals surface area contributed by atoms with Crippen molar-refractivity contribution >= 4 is 28.5 Å². The minimum Gasteiger partial charge on any atom is -0.369 e. The number of anilines is 1. The fourth-order valence-electron chi connectivity index (χ4n) is 3.15. The summed E-state index contributed by atoms with van der Waals surface area (Å²) in [7, 11) is 0. The molecule has 2 amide bonds. The first-order valence-electron chi connectivity index (χ1n) is 9.83. The molecule has 2 heterocycles. The van der Waals surface area contributed by atoms with E-state index in [0.29, 0.717) is 22.8 Å². The van der Waals surface area contributed by atoms with Gasteiger partial charge in [-0.05, 0) is 37.4 Å². The first-order chi connectivity index (χ1) is 15.1. The molecule has 0 bridgehead atoms. The summed E-state index contributed by atoms with van der Waals surface area (Å²) in [5.74, 6) is -2.99. The number of amides is 2. The van der Waals surface area contributed by atoms with Gasteiger partial charge < -0.3 is 16.0 Å². The van der Waals surface area contributed by atoms with Gasteiger partial charge >= 0.3 is 6.18 Å². The molecule has 4 N–H and O–H groups in total. The summed E-state index contributed by atoms with van der Waals surface area (Å²) in [6, 6.07) is 5.55. The van der Waals surface area contributed by atoms with Gasteiger partial charge in [0.1, 0.15) is 17.3 Å². The molecule has 3 aromatic rings. The number of nitrogens with zero attached hydrogens (tertiary/aromatic N) is 4. The Labute approximate surface area is 181 Å². The zero-order valence-corrected chi connectivity index (χ0v) is 17.4. The molecular weight excluding hydrogens is 427 g/mol. The van der Waals surface area contributed by atoms with Crippen LogP contribution in [0.2, 0.25) is 0 Å². The van der Waals surface area contributed by atoms with Crippen molar-refractivity contribution in [3.8, 4) is 0 Å². The standard InChI is InChI=1S/C20H22F3N7O2/c1-3-30(4-2)10-15(31)26-11-5-6-12-13(9-11)28-19(27-12)16(17(24)32)18-25-8-7-14(29-18)20(21,22)23/h5-9,16H,3-4,10H2,1-2H3,(H2,24,32)(H,26,31)(H,27,28). The molecule has 0 aliphatic rings. The molecule has 170 valence electrons. The highest BCUT2D eigenvalue weighted by molar-refractivity contribution is 5.94. The average Bonchev–Trinajstić information content (AvgIpc) is 3.14. The number of aromatic amines is 1. The second kappa shape index (κ2) is 9.30. The Morgan fingerprint density at radius 3 is 2.53 bits per heavy atom. The van der Waals surface area contributed by atoms with Crippen molar-refractivity contribution in [3.63, 3.8) is 0 Å². The van der Waals surface area contributed by atoms with Gasteiger partial charge in [0, 0.05) is 11.9 Å². The third-order valence-corrected chi connectivity index (χ3v) is 4.83. The number of hydrogen-bond acceptors (Lipinski definition) is 6. The van der Waals surface area contributed by atoms with Crippen LogP contribution in [0, 0.1) is 0 Å². The number of likely N-dealkylation sites (N-methyl/N-ethyl adjacent to an activating group) is 1. The zero-order chi connectivity index (χ0) is 23.5. The van der Waals surface area contributed by atoms with E-state index in [1.807, 2.05) is 18.7 Å². The zero-order valence-electron chi connectivity index (χ0n) is 17.4. The predicted molar refractivity (Wildman–Crippen MR) is 111 cm³/mol. The molecule has 0 saturated carbocycles. The summed E-state index contributed by atoms with van der Waals surface area (Å²) >= 11 is 0. The van der Waals surface area contributed by atoms with Gasteiger partial charge in [0.15, 0.2) is 5.92 Å². The smallest absolute Gasteiger partial charge is 0.369 e. The fourth-order valence-corrected chi connectivity index (χ4v) is 3.15. The van der Waals surface area contributed by atoms with Crippen molar-refractivity contribution < 1.29 is 22.8 Å². The molecule has 0 spiro atoms. The average molecular weight is 449 g/mol. The number of aromatic nitrogens is 4. The highest BCUT2D eigenvalue weighted by Crippen LogP contribution is 2.29. The van der Waals surface area contributed by atoms with E-state index in [-0.39, 0.29) is 18.3 Å². The minimum atomic E-state index is -4.70. The van der Waals surface area contributed by atoms with Gasteiger partial charge in [0.2, 0.25) is 11.8 Å². The van der Waals surface area contributed by atoms with E-state index in [1.165, 1.54) is 0 Å². The Bertz CT molecular complexity index is 1130. The van der Waals surface area contributed by atoms with E-state index in [1.54, 1.807) is 18.2 Å². The van der Waals surface area contributed by atoms with Gasteiger partial charge in [-0.3, -0.25) is 14.5 Å². The maximum Gasteiger partial charge on any atom is 0.433 e. The van der Waals surface area contributed by atoms with Crippen LogP contribution in [0.15, 0.2) is 30.5 Å². The van der Waals surface area contributed by atoms with E-state index >= 15 is 0 Å². The Morgan fingerprint density at radius 2 is 1.91 bits per heavy atom. The summed E-state index contributed by atoms with van der Waals surface area (Å²) in [5, 5.41) is 2.78. The largest absolute Gasteiger partial charge is 0.433 e. The number of benzene rings is 1. The van der Waals surface area contributed by atoms with Crippen LogP contribution in [-0.2, 0) is 15.8 Å². The number of nitrogens with two attached hydrogens (primary N) is 1. The first-order valence-corrected chi connectivity index (χ1v) is 9.83. The number of halogens is 3. The maximum atomic E-state index is 13.0. The van der Waals surface area contributed by atoms with Crippen LogP contribution in [0.5, 0.6) is 0 Å². The summed E-state index contributed by atoms with van der Waals surface area (Å²) < 4.78 is 39.0. The molecule has 2 aromatic heterocycles. The Balaban J connectivity index is 1.89. The molecule has 1 unspecified atom stereocenters. The van der Waals surface area contributed by atoms with E-state index in [4.69, 9.17) is 5.73 Å². The first kappa shape index (κ1) is 23.1. The number of hydrogen-bond donors (Lipinski definition) is 3. The summed E-state index contributed by atoms with van der Waals surface area (Å²) in [4.78, 5) is 40.6. The minimum absolute atomic E-state index is 0.00144. The van der Waals surface area contributed by atoms with Gasteiger partial charge in [-0.1, -0.05) is 13.8 Å². The molecule has 1 aromatic carbocycles. The predicted octanol–water partition coefficient (Wildman–Crippen LogP) is 2.27. The normalized spacial score (nSPS) is 12.8. The molecule has 0 fully saturated rings. The SMILES string of the molecule is CCN(CC)CC(=O)Nc1ccc2nc(C(C(N)=O)c3nccc(C(F)(F)F)n3)[nH]c2c1. The number of carbonyl (C=O) groups is 2. The highest BCUT2D eigenvalue weighted by atomic mass is 19.4. The lowest BCUT2D eigenvalue weighted by Gasteiger charge is -2.17. The second-order valence-corrected chi connectivity index (χ2v) is 7.00. The molecule has 0 aliphatic heterocycles. The van der Waals surface area contributed by atoms with E-state index in [2.05, 4.69) is 25.3 Å². The van der Waals surface area contributed by atoms with Gasteiger partial charge in [0.25, 0.3) is 0 Å². The lowest BCUT2D eigenvalue weighted by atomic mass is 10.1. The van der Waals surface area contributed by atoms with E-state index in [9.17, 15) is 22.8 Å². The van der Waals surface area contributed by atoms with Gasteiger partial charge in [0.05, 0.1) is 17.6 Å². The second-order valence-electron chi connectivity index (χ2n) is 7.00. The Kier molecular flexibility index (Phi) is 6.72. The van der Waals surface area contributed by atoms with Crippen LogP contribution >= 0.6 is 0 Å². The van der Waals surface area contributed by atoms with E-state index < -0.39 is 29.5 Å². The molecule has 0 saturated heterocycles. The molecule has 1 atom stereocenters. The van der Waals surface area contributed by atoms with Gasteiger partial charge in [-0.15, -0.1) is 0 Å². The summed E-state index contributed by atoms with van der Waals surface area (Å²) in [5.41, 5.74) is 5.62. The lowest BCUT2D eigenvalue weighted by molar-refractivity contribution is -0.141. The topological polar surface area (TPSA) is 130 Å². The van der Waals surface area contributed by atoms with Crippen LogP contribution in [0.1, 0.15) is 37.1 Å². The van der Waals surface area contributed by atoms with Crippen LogP contribution in [0.4, 0.5) is 18.9 Å². The maximum absolute atomic E-state index is 13.0. The van der Waals surface area contributed by atoms with Gasteiger partial charge in [-0.25, -0.2) is 15.0 Å². The Hall–Kier alpha value is -3.54. The van der Waals surface area contributed by atoms with Gasteiger partial charge in [-0.2, -0.15) is 13.2 Å². The number of rotatable bonds is 8. The summed E-state index contributed by atoms with van der Waals surface area (Å²) in [6.45, 7) is 5.62. The van der Waals surface area contributed by atoms with Crippen LogP contribution in [0.3, 0.4) is 0 Å². The number of H-pyrrole nitrogens is 1. The molecule has 3 rings (SSSR count). The van der Waals surface area contributed by atoms with Crippen LogP contribution < -0.4 is 11.1 Å². The number of imidazole rings is 1. The third-order valence-electron chi connectivity index (χ3n) is 4.83. The van der Waals surface area contributed by atoms with Crippen molar-refractivity contribution in [3.05, 3.63) is 47.8 Å². The summed E-state index contributed by atoms with van der Waals surface area (Å²) in [6.07, 6.45) is -3.79. The monoisotopic (exact) mass is 449 g/mol. The fraction of sp³-hybridized carbons (Fsp3) is 0.350. The number of primary amides is 1. The molecule has 12 heteroatoms. The number of carbonyl (C=O) groups excluding carboxylic acids is 2. The van der Waals surface area contributed by atoms with Crippen molar-refractivity contribution in [1.29, 1.82) is 0 Å². The molecule has 0 radical (unpaired) electrons. The molecule has 0 aliphatic carbocycles. The number of nitrogens with one attached hydrogen (secondary N) is 2. The molecule has 32 heavy (non-hydrogen) atoms. The molecule has 9 nitrogen and oxygen atoms in total. The van der Waals surface area contributed by atoms with E-state index in [0.717, 1.165) is 19.3 Å². The quantitative estimate of drug-likeness (QED) is 0.484. The van der Waals surface area contributed by atoms with Crippen LogP contribution in [0.25, 0.3) is 11.0 Å². The van der Waals surface area contributed by atoms with Crippen molar-refractivity contribution in [2.75, 3.05) is 25.0 Å². The third kappa shape index (κ3) is 5.19. The van der Waals surface area contributed by atoms with Crippen molar-refractivity contribution in [1.82, 2.24) is 24.8 Å². The number of alkyl halides is 3. The van der Waals surface area contributed by atoms with Crippen molar-refractivity contribution in [2.24, 2.45) is 5.73 Å².